The molecule has 0 aromatic rings. The topological polar surface area (TPSA) is 78.9 Å². The Labute approximate surface area is 148 Å². The van der Waals surface area contributed by atoms with E-state index in [-0.39, 0.29) is 29.7 Å². The van der Waals surface area contributed by atoms with E-state index >= 15 is 0 Å². The van der Waals surface area contributed by atoms with Crippen LogP contribution < -0.4 is 0 Å². The molecule has 25 heavy (non-hydrogen) atoms. The van der Waals surface area contributed by atoms with Gasteiger partial charge in [0.2, 0.25) is 0 Å². The predicted molar refractivity (Wildman–Crippen MR) is 90.4 cm³/mol. The third-order valence-corrected chi connectivity index (χ3v) is 4.77. The summed E-state index contributed by atoms with van der Waals surface area (Å²) in [6.45, 7) is 8.33. The Hall–Kier alpha value is -2.11. The van der Waals surface area contributed by atoms with Gasteiger partial charge in [-0.15, -0.1) is 0 Å². The molecule has 0 radical (unpaired) electrons. The van der Waals surface area contributed by atoms with Gasteiger partial charge in [-0.1, -0.05) is 18.6 Å². The van der Waals surface area contributed by atoms with Crippen LogP contribution in [0.1, 0.15) is 47.5 Å². The molecule has 5 unspecified atom stereocenters. The van der Waals surface area contributed by atoms with Crippen molar-refractivity contribution < 1.29 is 28.6 Å². The smallest absolute Gasteiger partial charge is 0.309 e. The largest absolute Gasteiger partial charge is 0.462 e. The Kier molecular flexibility index (Phi) is 6.03. The van der Waals surface area contributed by atoms with Gasteiger partial charge in [0.15, 0.2) is 0 Å². The van der Waals surface area contributed by atoms with E-state index in [0.717, 1.165) is 11.1 Å². The van der Waals surface area contributed by atoms with Crippen molar-refractivity contribution in [1.82, 2.24) is 0 Å². The van der Waals surface area contributed by atoms with E-state index in [1.165, 1.54) is 13.8 Å². The van der Waals surface area contributed by atoms with E-state index in [0.29, 0.717) is 12.8 Å². The minimum atomic E-state index is -0.504. The van der Waals surface area contributed by atoms with Crippen molar-refractivity contribution in [2.45, 2.75) is 65.8 Å². The van der Waals surface area contributed by atoms with E-state index in [1.807, 2.05) is 26.0 Å². The number of hydrogen-bond donors (Lipinski definition) is 0. The molecule has 0 aromatic heterocycles. The molecule has 2 rings (SSSR count). The Bertz CT molecular complexity index is 617. The van der Waals surface area contributed by atoms with Gasteiger partial charge >= 0.3 is 17.9 Å². The predicted octanol–water partition coefficient (Wildman–Crippen LogP) is 2.71. The van der Waals surface area contributed by atoms with Crippen LogP contribution >= 0.6 is 0 Å². The van der Waals surface area contributed by atoms with E-state index in [9.17, 15) is 14.4 Å². The van der Waals surface area contributed by atoms with Crippen molar-refractivity contribution in [2.75, 3.05) is 0 Å². The normalized spacial score (nSPS) is 32.7. The fourth-order valence-electron chi connectivity index (χ4n) is 3.51. The Morgan fingerprint density at radius 3 is 2.40 bits per heavy atom. The quantitative estimate of drug-likeness (QED) is 0.433. The maximum atomic E-state index is 12.1. The van der Waals surface area contributed by atoms with Crippen molar-refractivity contribution in [3.8, 4) is 0 Å². The summed E-state index contributed by atoms with van der Waals surface area (Å²) < 4.78 is 16.4. The number of carbonyl (C=O) groups is 3. The van der Waals surface area contributed by atoms with Gasteiger partial charge in [-0.3, -0.25) is 14.4 Å². The molecule has 138 valence electrons. The van der Waals surface area contributed by atoms with Crippen LogP contribution in [0.4, 0.5) is 0 Å². The molecule has 1 aliphatic carbocycles. The van der Waals surface area contributed by atoms with Gasteiger partial charge in [-0.25, -0.2) is 0 Å². The third-order valence-electron chi connectivity index (χ3n) is 4.77. The van der Waals surface area contributed by atoms with Crippen LogP contribution in [0.5, 0.6) is 0 Å². The minimum absolute atomic E-state index is 0.272. The zero-order valence-corrected chi connectivity index (χ0v) is 15.4. The Morgan fingerprint density at radius 1 is 1.16 bits per heavy atom. The zero-order chi connectivity index (χ0) is 18.7. The standard InChI is InChI=1S/C19H26O6/c1-10-6-7-15(23-13(4)20)11(2)9-17-18(12(3)19(22)25-17)16(8-10)24-14(5)21/h6,9,12,15-18H,7-8H2,1-5H3. The van der Waals surface area contributed by atoms with Crippen LogP contribution in [0.25, 0.3) is 0 Å². The number of esters is 3. The lowest BCUT2D eigenvalue weighted by molar-refractivity contribution is -0.150. The van der Waals surface area contributed by atoms with Crippen molar-refractivity contribution in [3.05, 3.63) is 23.3 Å². The number of rotatable bonds is 2. The summed E-state index contributed by atoms with van der Waals surface area (Å²) in [5.41, 5.74) is 1.84. The van der Waals surface area contributed by atoms with Crippen LogP contribution in [0.2, 0.25) is 0 Å². The lowest BCUT2D eigenvalue weighted by atomic mass is 9.82. The van der Waals surface area contributed by atoms with Crippen molar-refractivity contribution in [1.29, 1.82) is 0 Å². The number of fused-ring (bicyclic) bond motifs is 1. The average molecular weight is 350 g/mol. The second-order valence-electron chi connectivity index (χ2n) is 6.91. The van der Waals surface area contributed by atoms with Crippen molar-refractivity contribution in [2.24, 2.45) is 11.8 Å². The van der Waals surface area contributed by atoms with E-state index in [2.05, 4.69) is 0 Å². The molecule has 1 aliphatic heterocycles. The molecule has 0 spiro atoms. The van der Waals surface area contributed by atoms with Gasteiger partial charge in [0, 0.05) is 26.7 Å². The maximum absolute atomic E-state index is 12.1. The van der Waals surface area contributed by atoms with Gasteiger partial charge < -0.3 is 14.2 Å². The fraction of sp³-hybridized carbons (Fsp3) is 0.632. The minimum Gasteiger partial charge on any atom is -0.462 e. The lowest BCUT2D eigenvalue weighted by Crippen LogP contribution is -2.35. The highest BCUT2D eigenvalue weighted by Crippen LogP contribution is 2.37. The summed E-state index contributed by atoms with van der Waals surface area (Å²) >= 11 is 0. The van der Waals surface area contributed by atoms with Crippen molar-refractivity contribution >= 4 is 17.9 Å². The van der Waals surface area contributed by atoms with Gasteiger partial charge in [0.1, 0.15) is 18.3 Å². The van der Waals surface area contributed by atoms with E-state index in [1.54, 1.807) is 6.92 Å². The first-order chi connectivity index (χ1) is 11.7. The molecule has 2 aliphatic rings. The fourth-order valence-corrected chi connectivity index (χ4v) is 3.51. The third kappa shape index (κ3) is 4.71. The summed E-state index contributed by atoms with van der Waals surface area (Å²) in [7, 11) is 0. The van der Waals surface area contributed by atoms with Crippen LogP contribution in [0.3, 0.4) is 0 Å². The molecule has 1 heterocycles. The highest BCUT2D eigenvalue weighted by atomic mass is 16.6. The van der Waals surface area contributed by atoms with Gasteiger partial charge in [-0.05, 0) is 25.5 Å². The molecule has 0 amide bonds. The summed E-state index contributed by atoms with van der Waals surface area (Å²) in [4.78, 5) is 35.1. The average Bonchev–Trinajstić information content (AvgIpc) is 2.75. The molecule has 6 heteroatoms. The first-order valence-electron chi connectivity index (χ1n) is 8.58. The van der Waals surface area contributed by atoms with E-state index in [4.69, 9.17) is 14.2 Å². The highest BCUT2D eigenvalue weighted by Gasteiger charge is 2.47. The summed E-state index contributed by atoms with van der Waals surface area (Å²) in [5, 5.41) is 0. The van der Waals surface area contributed by atoms with E-state index < -0.39 is 18.3 Å². The highest BCUT2D eigenvalue weighted by molar-refractivity contribution is 5.75. The lowest BCUT2D eigenvalue weighted by Gasteiger charge is -2.29. The molecular formula is C19H26O6. The molecule has 6 nitrogen and oxygen atoms in total. The Balaban J connectivity index is 2.41. The van der Waals surface area contributed by atoms with Gasteiger partial charge in [0.25, 0.3) is 0 Å². The molecule has 1 saturated heterocycles. The zero-order valence-electron chi connectivity index (χ0n) is 15.4. The number of hydrogen-bond acceptors (Lipinski definition) is 6. The van der Waals surface area contributed by atoms with Crippen LogP contribution in [-0.4, -0.2) is 36.2 Å². The second kappa shape index (κ2) is 7.85. The number of carbonyl (C=O) groups excluding carboxylic acids is 3. The molecule has 0 saturated carbocycles. The molecule has 5 atom stereocenters. The first kappa shape index (κ1) is 19.2. The molecule has 0 bridgehead atoms. The SMILES string of the molecule is CC(=O)OC1CC=C(C)CC(OC(C)=O)C2C(C=C1C)OC(=O)C2C. The summed E-state index contributed by atoms with van der Waals surface area (Å²) in [6, 6.07) is 0. The molecular weight excluding hydrogens is 324 g/mol. The second-order valence-corrected chi connectivity index (χ2v) is 6.91. The monoisotopic (exact) mass is 350 g/mol. The maximum Gasteiger partial charge on any atom is 0.309 e. The summed E-state index contributed by atoms with van der Waals surface area (Å²) in [6.07, 6.45) is 3.52. The summed E-state index contributed by atoms with van der Waals surface area (Å²) in [5.74, 6) is -1.68. The Morgan fingerprint density at radius 2 is 1.80 bits per heavy atom. The molecule has 1 fully saturated rings. The van der Waals surface area contributed by atoms with Crippen LogP contribution in [0.15, 0.2) is 23.3 Å². The first-order valence-corrected chi connectivity index (χ1v) is 8.58. The van der Waals surface area contributed by atoms with Gasteiger partial charge in [0.05, 0.1) is 11.8 Å². The van der Waals surface area contributed by atoms with Crippen LogP contribution in [-0.2, 0) is 28.6 Å². The van der Waals surface area contributed by atoms with Crippen LogP contribution in [0, 0.1) is 11.8 Å². The molecule has 0 N–H and O–H groups in total. The van der Waals surface area contributed by atoms with Gasteiger partial charge in [-0.2, -0.15) is 0 Å². The van der Waals surface area contributed by atoms with Crippen molar-refractivity contribution in [3.63, 3.8) is 0 Å². The number of ether oxygens (including phenoxy) is 3. The molecule has 0 aromatic carbocycles.